The van der Waals surface area contributed by atoms with Gasteiger partial charge in [0, 0.05) is 22.9 Å². The average Bonchev–Trinajstić information content (AvgIpc) is 3.00. The van der Waals surface area contributed by atoms with Gasteiger partial charge in [-0.3, -0.25) is 5.10 Å². The second-order valence-corrected chi connectivity index (χ2v) is 6.50. The molecular weight excluding hydrogens is 326 g/mol. The maximum absolute atomic E-state index is 12.8. The smallest absolute Gasteiger partial charge is 0.336 e. The zero-order valence-electron chi connectivity index (χ0n) is 15.1. The molecule has 1 atom stereocenters. The SMILES string of the molecule is CCOC(=O)C1=C(C)Nc2n[nH]c(C)c2C1c1cccc2ccccc12. The summed E-state index contributed by atoms with van der Waals surface area (Å²) in [6.07, 6.45) is 0. The summed E-state index contributed by atoms with van der Waals surface area (Å²) in [5, 5.41) is 13.0. The molecule has 2 heterocycles. The number of esters is 1. The number of nitrogens with one attached hydrogen (secondary N) is 2. The van der Waals surface area contributed by atoms with E-state index in [1.54, 1.807) is 0 Å². The fourth-order valence-corrected chi connectivity index (χ4v) is 3.79. The van der Waals surface area contributed by atoms with E-state index >= 15 is 0 Å². The minimum atomic E-state index is -0.290. The van der Waals surface area contributed by atoms with Gasteiger partial charge in [-0.2, -0.15) is 5.10 Å². The Labute approximate surface area is 152 Å². The number of nitrogens with zero attached hydrogens (tertiary/aromatic N) is 1. The maximum atomic E-state index is 12.8. The van der Waals surface area contributed by atoms with Crippen LogP contribution >= 0.6 is 0 Å². The van der Waals surface area contributed by atoms with Crippen LogP contribution in [0.25, 0.3) is 10.8 Å². The number of hydrogen-bond donors (Lipinski definition) is 2. The summed E-state index contributed by atoms with van der Waals surface area (Å²) in [6.45, 7) is 6.05. The third-order valence-electron chi connectivity index (χ3n) is 4.91. The molecule has 0 aliphatic carbocycles. The van der Waals surface area contributed by atoms with Gasteiger partial charge < -0.3 is 10.1 Å². The largest absolute Gasteiger partial charge is 0.463 e. The molecule has 4 rings (SSSR count). The van der Waals surface area contributed by atoms with E-state index in [1.807, 2.05) is 39.0 Å². The fourth-order valence-electron chi connectivity index (χ4n) is 3.79. The predicted octanol–water partition coefficient (Wildman–Crippen LogP) is 4.27. The lowest BCUT2D eigenvalue weighted by Crippen LogP contribution is -2.24. The number of anilines is 1. The van der Waals surface area contributed by atoms with Crippen LogP contribution in [-0.4, -0.2) is 22.8 Å². The summed E-state index contributed by atoms with van der Waals surface area (Å²) in [6, 6.07) is 14.4. The van der Waals surface area contributed by atoms with Crippen LogP contribution in [0.4, 0.5) is 5.82 Å². The molecule has 5 nitrogen and oxygen atoms in total. The average molecular weight is 347 g/mol. The highest BCUT2D eigenvalue weighted by atomic mass is 16.5. The van der Waals surface area contributed by atoms with Crippen molar-refractivity contribution < 1.29 is 9.53 Å². The first-order valence-electron chi connectivity index (χ1n) is 8.79. The van der Waals surface area contributed by atoms with E-state index in [9.17, 15) is 4.79 Å². The lowest BCUT2D eigenvalue weighted by Gasteiger charge is -2.28. The second-order valence-electron chi connectivity index (χ2n) is 6.50. The summed E-state index contributed by atoms with van der Waals surface area (Å²) >= 11 is 0. The number of rotatable bonds is 3. The minimum absolute atomic E-state index is 0.227. The van der Waals surface area contributed by atoms with Crippen LogP contribution in [0.5, 0.6) is 0 Å². The number of ether oxygens (including phenoxy) is 1. The van der Waals surface area contributed by atoms with Gasteiger partial charge in [0.1, 0.15) is 0 Å². The van der Waals surface area contributed by atoms with Crippen molar-refractivity contribution in [3.05, 3.63) is 70.6 Å². The number of carbonyl (C=O) groups excluding carboxylic acids is 1. The van der Waals surface area contributed by atoms with Crippen LogP contribution in [0.2, 0.25) is 0 Å². The summed E-state index contributed by atoms with van der Waals surface area (Å²) in [5.41, 5.74) is 4.44. The molecule has 1 unspecified atom stereocenters. The van der Waals surface area contributed by atoms with Crippen molar-refractivity contribution >= 4 is 22.6 Å². The van der Waals surface area contributed by atoms with Crippen molar-refractivity contribution in [3.63, 3.8) is 0 Å². The topological polar surface area (TPSA) is 67.0 Å². The Bertz CT molecular complexity index is 1030. The highest BCUT2D eigenvalue weighted by molar-refractivity contribution is 5.97. The molecule has 0 amide bonds. The van der Waals surface area contributed by atoms with Gasteiger partial charge in [-0.05, 0) is 37.1 Å². The number of aromatic amines is 1. The highest BCUT2D eigenvalue weighted by Crippen LogP contribution is 2.44. The van der Waals surface area contributed by atoms with Crippen molar-refractivity contribution in [2.24, 2.45) is 0 Å². The molecule has 0 saturated carbocycles. The number of hydrogen-bond acceptors (Lipinski definition) is 4. The van der Waals surface area contributed by atoms with Gasteiger partial charge >= 0.3 is 5.97 Å². The fraction of sp³-hybridized carbons (Fsp3) is 0.238. The zero-order valence-corrected chi connectivity index (χ0v) is 15.1. The van der Waals surface area contributed by atoms with Crippen molar-refractivity contribution in [3.8, 4) is 0 Å². The number of aryl methyl sites for hydroxylation is 1. The Morgan fingerprint density at radius 1 is 1.15 bits per heavy atom. The van der Waals surface area contributed by atoms with Gasteiger partial charge in [-0.25, -0.2) is 4.79 Å². The third kappa shape index (κ3) is 2.47. The molecule has 0 bridgehead atoms. The van der Waals surface area contributed by atoms with Crippen LogP contribution in [0.1, 0.15) is 36.6 Å². The van der Waals surface area contributed by atoms with Gasteiger partial charge in [0.25, 0.3) is 0 Å². The standard InChI is InChI=1S/C21H21N3O2/c1-4-26-21(25)18-12(2)22-20-17(13(3)23-24-20)19(18)16-11-7-9-14-8-5-6-10-15(14)16/h5-11,19H,4H2,1-3H3,(H2,22,23,24). The third-order valence-corrected chi connectivity index (χ3v) is 4.91. The minimum Gasteiger partial charge on any atom is -0.463 e. The molecule has 1 aliphatic heterocycles. The molecule has 1 aromatic heterocycles. The molecule has 26 heavy (non-hydrogen) atoms. The molecule has 2 N–H and O–H groups in total. The molecule has 2 aromatic carbocycles. The van der Waals surface area contributed by atoms with Crippen LogP contribution in [0.15, 0.2) is 53.7 Å². The summed E-state index contributed by atoms with van der Waals surface area (Å²) in [4.78, 5) is 12.8. The van der Waals surface area contributed by atoms with Crippen molar-refractivity contribution in [2.75, 3.05) is 11.9 Å². The summed E-state index contributed by atoms with van der Waals surface area (Å²) < 4.78 is 5.38. The maximum Gasteiger partial charge on any atom is 0.336 e. The Kier molecular flexibility index (Phi) is 3.99. The van der Waals surface area contributed by atoms with E-state index in [0.717, 1.165) is 39.1 Å². The Hall–Kier alpha value is -3.08. The van der Waals surface area contributed by atoms with E-state index in [4.69, 9.17) is 4.74 Å². The van der Waals surface area contributed by atoms with Gasteiger partial charge in [0.15, 0.2) is 5.82 Å². The molecule has 5 heteroatoms. The van der Waals surface area contributed by atoms with Gasteiger partial charge in [0.05, 0.1) is 12.2 Å². The number of allylic oxidation sites excluding steroid dienone is 1. The Morgan fingerprint density at radius 3 is 2.73 bits per heavy atom. The molecule has 0 saturated heterocycles. The molecule has 3 aromatic rings. The Morgan fingerprint density at radius 2 is 1.92 bits per heavy atom. The number of carbonyl (C=O) groups is 1. The summed E-state index contributed by atoms with van der Waals surface area (Å²) in [5.74, 6) is 0.253. The highest BCUT2D eigenvalue weighted by Gasteiger charge is 2.36. The van der Waals surface area contributed by atoms with Crippen molar-refractivity contribution in [1.29, 1.82) is 0 Å². The second kappa shape index (κ2) is 6.33. The van der Waals surface area contributed by atoms with Crippen LogP contribution in [0.3, 0.4) is 0 Å². The van der Waals surface area contributed by atoms with E-state index < -0.39 is 0 Å². The van der Waals surface area contributed by atoms with Crippen LogP contribution < -0.4 is 5.32 Å². The Balaban J connectivity index is 2.00. The monoisotopic (exact) mass is 347 g/mol. The predicted molar refractivity (Wildman–Crippen MR) is 102 cm³/mol. The molecule has 0 radical (unpaired) electrons. The van der Waals surface area contributed by atoms with E-state index in [2.05, 4.69) is 39.8 Å². The quantitative estimate of drug-likeness (QED) is 0.695. The van der Waals surface area contributed by atoms with Crippen LogP contribution in [-0.2, 0) is 9.53 Å². The normalized spacial score (nSPS) is 16.3. The molecule has 0 spiro atoms. The van der Waals surface area contributed by atoms with E-state index in [0.29, 0.717) is 12.2 Å². The number of fused-ring (bicyclic) bond motifs is 2. The van der Waals surface area contributed by atoms with Gasteiger partial charge in [0.2, 0.25) is 0 Å². The lowest BCUT2D eigenvalue weighted by atomic mass is 9.79. The first-order chi connectivity index (χ1) is 12.6. The van der Waals surface area contributed by atoms with Gasteiger partial charge in [-0.15, -0.1) is 0 Å². The van der Waals surface area contributed by atoms with E-state index in [-0.39, 0.29) is 11.9 Å². The lowest BCUT2D eigenvalue weighted by molar-refractivity contribution is -0.138. The van der Waals surface area contributed by atoms with Crippen molar-refractivity contribution in [2.45, 2.75) is 26.7 Å². The zero-order chi connectivity index (χ0) is 18.3. The number of aromatic nitrogens is 2. The first-order valence-corrected chi connectivity index (χ1v) is 8.79. The molecular formula is C21H21N3O2. The number of H-pyrrole nitrogens is 1. The van der Waals surface area contributed by atoms with Gasteiger partial charge in [-0.1, -0.05) is 42.5 Å². The van der Waals surface area contributed by atoms with E-state index in [1.165, 1.54) is 0 Å². The first kappa shape index (κ1) is 16.4. The molecule has 132 valence electrons. The number of benzene rings is 2. The molecule has 1 aliphatic rings. The van der Waals surface area contributed by atoms with Crippen LogP contribution in [0, 0.1) is 6.92 Å². The van der Waals surface area contributed by atoms with Crippen molar-refractivity contribution in [1.82, 2.24) is 10.2 Å². The summed E-state index contributed by atoms with van der Waals surface area (Å²) in [7, 11) is 0. The molecule has 0 fully saturated rings.